The lowest BCUT2D eigenvalue weighted by Gasteiger charge is -2.35. The number of aliphatic hydroxyl groups is 1. The maximum Gasteiger partial charge on any atom is 0.127 e. The van der Waals surface area contributed by atoms with E-state index >= 15 is 0 Å². The molecule has 1 saturated heterocycles. The molecule has 1 heterocycles. The minimum Gasteiger partial charge on any atom is -0.390 e. The van der Waals surface area contributed by atoms with Crippen LogP contribution in [0.5, 0.6) is 0 Å². The smallest absolute Gasteiger partial charge is 0.127 e. The molecule has 0 unspecified atom stereocenters. The number of hydrogen-bond acceptors (Lipinski definition) is 3. The fourth-order valence-corrected chi connectivity index (χ4v) is 1.68. The number of β-amino-alcohol motifs (C(OH)–C–C–N with tert-alkyl or cyclic N) is 1. The Hall–Kier alpha value is -1.44. The molecule has 0 saturated carbocycles. The molecule has 0 bridgehead atoms. The van der Waals surface area contributed by atoms with Gasteiger partial charge in [-0.05, 0) is 18.2 Å². The monoisotopic (exact) mass is 206 g/mol. The lowest BCUT2D eigenvalue weighted by molar-refractivity contribution is -0.00342. The number of benzene rings is 1. The summed E-state index contributed by atoms with van der Waals surface area (Å²) in [5, 5.41) is 17.8. The van der Waals surface area contributed by atoms with Gasteiger partial charge in [-0.15, -0.1) is 0 Å². The van der Waals surface area contributed by atoms with Crippen LogP contribution in [0.15, 0.2) is 18.2 Å². The highest BCUT2D eigenvalue weighted by Gasteiger charge is 2.24. The first-order chi connectivity index (χ1) is 7.19. The Labute approximate surface area is 87.4 Å². The number of nitriles is 1. The molecule has 0 amide bonds. The molecular formula is C11H11FN2O. The minimum atomic E-state index is -0.296. The molecule has 1 aliphatic rings. The molecule has 1 aromatic rings. The van der Waals surface area contributed by atoms with Gasteiger partial charge in [0.05, 0.1) is 17.7 Å². The molecule has 0 aromatic heterocycles. The Morgan fingerprint density at radius 2 is 2.27 bits per heavy atom. The van der Waals surface area contributed by atoms with Gasteiger partial charge in [0, 0.05) is 25.2 Å². The molecule has 1 N–H and O–H groups in total. The van der Waals surface area contributed by atoms with Gasteiger partial charge in [0.25, 0.3) is 0 Å². The Kier molecular flexibility index (Phi) is 2.67. The van der Waals surface area contributed by atoms with Crippen molar-refractivity contribution in [2.45, 2.75) is 12.6 Å². The van der Waals surface area contributed by atoms with Crippen LogP contribution in [-0.2, 0) is 6.54 Å². The molecule has 3 nitrogen and oxygen atoms in total. The number of rotatable bonds is 2. The zero-order chi connectivity index (χ0) is 10.8. The normalized spacial score (nSPS) is 17.1. The zero-order valence-corrected chi connectivity index (χ0v) is 8.15. The van der Waals surface area contributed by atoms with E-state index in [1.54, 1.807) is 6.07 Å². The maximum absolute atomic E-state index is 13.3. The lowest BCUT2D eigenvalue weighted by Crippen LogP contribution is -2.49. The second kappa shape index (κ2) is 3.97. The Morgan fingerprint density at radius 3 is 2.87 bits per heavy atom. The first-order valence-corrected chi connectivity index (χ1v) is 4.78. The van der Waals surface area contributed by atoms with Crippen molar-refractivity contribution in [1.29, 1.82) is 5.26 Å². The lowest BCUT2D eigenvalue weighted by atomic mass is 10.1. The molecule has 78 valence electrons. The molecule has 15 heavy (non-hydrogen) atoms. The first-order valence-electron chi connectivity index (χ1n) is 4.78. The summed E-state index contributed by atoms with van der Waals surface area (Å²) in [5.41, 5.74) is 0.980. The quantitative estimate of drug-likeness (QED) is 0.781. The predicted octanol–water partition coefficient (Wildman–Crippen LogP) is 0.874. The Balaban J connectivity index is 2.10. The number of halogens is 1. The highest BCUT2D eigenvalue weighted by molar-refractivity contribution is 5.33. The highest BCUT2D eigenvalue weighted by atomic mass is 19.1. The molecule has 0 aliphatic carbocycles. The van der Waals surface area contributed by atoms with Crippen molar-refractivity contribution in [2.24, 2.45) is 0 Å². The summed E-state index contributed by atoms with van der Waals surface area (Å²) in [7, 11) is 0. The van der Waals surface area contributed by atoms with E-state index in [0.29, 0.717) is 30.8 Å². The summed E-state index contributed by atoms with van der Waals surface area (Å²) in [4.78, 5) is 1.93. The van der Waals surface area contributed by atoms with Crippen molar-refractivity contribution in [1.82, 2.24) is 4.90 Å². The third-order valence-electron chi connectivity index (χ3n) is 2.51. The molecule has 0 atom stereocenters. The maximum atomic E-state index is 13.3. The van der Waals surface area contributed by atoms with Gasteiger partial charge in [-0.25, -0.2) is 4.39 Å². The van der Waals surface area contributed by atoms with Crippen LogP contribution < -0.4 is 0 Å². The molecule has 4 heteroatoms. The van der Waals surface area contributed by atoms with Crippen LogP contribution in [-0.4, -0.2) is 29.2 Å². The van der Waals surface area contributed by atoms with Gasteiger partial charge in [-0.2, -0.15) is 5.26 Å². The van der Waals surface area contributed by atoms with E-state index in [1.165, 1.54) is 12.1 Å². The zero-order valence-electron chi connectivity index (χ0n) is 8.15. The fraction of sp³-hybridized carbons (Fsp3) is 0.364. The van der Waals surface area contributed by atoms with Crippen LogP contribution in [0.25, 0.3) is 0 Å². The van der Waals surface area contributed by atoms with Crippen LogP contribution in [0.1, 0.15) is 11.1 Å². The number of nitrogens with zero attached hydrogens (tertiary/aromatic N) is 2. The summed E-state index contributed by atoms with van der Waals surface area (Å²) in [6.45, 7) is 1.62. The van der Waals surface area contributed by atoms with E-state index in [-0.39, 0.29) is 11.9 Å². The van der Waals surface area contributed by atoms with Gasteiger partial charge < -0.3 is 5.11 Å². The van der Waals surface area contributed by atoms with Crippen molar-refractivity contribution in [3.05, 3.63) is 35.1 Å². The van der Waals surface area contributed by atoms with Crippen molar-refractivity contribution in [3.63, 3.8) is 0 Å². The summed E-state index contributed by atoms with van der Waals surface area (Å²) < 4.78 is 13.3. The standard InChI is InChI=1S/C11H11FN2O/c12-11-2-1-8(4-13)3-9(11)5-14-6-10(15)7-14/h1-3,10,15H,5-7H2. The SMILES string of the molecule is N#Cc1ccc(F)c(CN2CC(O)C2)c1. The number of likely N-dealkylation sites (tertiary alicyclic amines) is 1. The molecule has 2 rings (SSSR count). The average Bonchev–Trinajstić information content (AvgIpc) is 2.19. The third-order valence-corrected chi connectivity index (χ3v) is 2.51. The summed E-state index contributed by atoms with van der Waals surface area (Å²) >= 11 is 0. The van der Waals surface area contributed by atoms with Gasteiger partial charge in [0.15, 0.2) is 0 Å². The van der Waals surface area contributed by atoms with E-state index in [4.69, 9.17) is 10.4 Å². The van der Waals surface area contributed by atoms with Crippen LogP contribution in [0.2, 0.25) is 0 Å². The van der Waals surface area contributed by atoms with Crippen LogP contribution in [0.3, 0.4) is 0 Å². The van der Waals surface area contributed by atoms with Gasteiger partial charge in [-0.3, -0.25) is 4.90 Å². The molecule has 0 radical (unpaired) electrons. The predicted molar refractivity (Wildman–Crippen MR) is 52.4 cm³/mol. The Bertz CT molecular complexity index is 408. The van der Waals surface area contributed by atoms with Crippen LogP contribution in [0, 0.1) is 17.1 Å². The third kappa shape index (κ3) is 2.14. The van der Waals surface area contributed by atoms with E-state index in [9.17, 15) is 4.39 Å². The molecule has 1 aliphatic heterocycles. The minimum absolute atomic E-state index is 0.285. The van der Waals surface area contributed by atoms with Crippen molar-refractivity contribution in [2.75, 3.05) is 13.1 Å². The van der Waals surface area contributed by atoms with Gasteiger partial charge >= 0.3 is 0 Å². The summed E-state index contributed by atoms with van der Waals surface area (Å²) in [6, 6.07) is 6.31. The second-order valence-corrected chi connectivity index (χ2v) is 3.77. The van der Waals surface area contributed by atoms with E-state index < -0.39 is 0 Å². The molecule has 1 aromatic carbocycles. The van der Waals surface area contributed by atoms with E-state index in [1.807, 2.05) is 11.0 Å². The van der Waals surface area contributed by atoms with Crippen molar-refractivity contribution < 1.29 is 9.50 Å². The van der Waals surface area contributed by atoms with Gasteiger partial charge in [0.1, 0.15) is 5.82 Å². The van der Waals surface area contributed by atoms with E-state index in [2.05, 4.69) is 0 Å². The average molecular weight is 206 g/mol. The second-order valence-electron chi connectivity index (χ2n) is 3.77. The van der Waals surface area contributed by atoms with E-state index in [0.717, 1.165) is 0 Å². The first kappa shape index (κ1) is 10.1. The van der Waals surface area contributed by atoms with Gasteiger partial charge in [0.2, 0.25) is 0 Å². The van der Waals surface area contributed by atoms with Crippen LogP contribution in [0.4, 0.5) is 4.39 Å². The van der Waals surface area contributed by atoms with Crippen molar-refractivity contribution >= 4 is 0 Å². The molecular weight excluding hydrogens is 195 g/mol. The largest absolute Gasteiger partial charge is 0.390 e. The summed E-state index contributed by atoms with van der Waals surface area (Å²) in [5.74, 6) is -0.296. The van der Waals surface area contributed by atoms with Crippen molar-refractivity contribution in [3.8, 4) is 6.07 Å². The fourth-order valence-electron chi connectivity index (χ4n) is 1.68. The molecule has 1 fully saturated rings. The number of hydrogen-bond donors (Lipinski definition) is 1. The summed E-state index contributed by atoms with van der Waals surface area (Å²) in [6.07, 6.45) is -0.285. The van der Waals surface area contributed by atoms with Gasteiger partial charge in [-0.1, -0.05) is 0 Å². The Morgan fingerprint density at radius 1 is 1.53 bits per heavy atom. The van der Waals surface area contributed by atoms with Crippen LogP contribution >= 0.6 is 0 Å². The molecule has 0 spiro atoms. The number of aliphatic hydroxyl groups excluding tert-OH is 1. The topological polar surface area (TPSA) is 47.3 Å². The highest BCUT2D eigenvalue weighted by Crippen LogP contribution is 2.16.